The van der Waals surface area contributed by atoms with Crippen molar-refractivity contribution in [2.75, 3.05) is 12.4 Å². The van der Waals surface area contributed by atoms with Crippen LogP contribution in [0.1, 0.15) is 0 Å². The van der Waals surface area contributed by atoms with Gasteiger partial charge in [-0.1, -0.05) is 6.07 Å². The van der Waals surface area contributed by atoms with Crippen molar-refractivity contribution < 1.29 is 13.2 Å². The Morgan fingerprint density at radius 2 is 1.81 bits per heavy atom. The molecule has 3 aromatic rings. The molecule has 0 unspecified atom stereocenters. The number of nitrogens with one attached hydrogen (secondary N) is 1. The van der Waals surface area contributed by atoms with Crippen molar-refractivity contribution >= 4 is 16.7 Å². The summed E-state index contributed by atoms with van der Waals surface area (Å²) < 4.78 is 40.5. The van der Waals surface area contributed by atoms with Gasteiger partial charge in [-0.15, -0.1) is 0 Å². The number of hydrogen-bond acceptors (Lipinski definition) is 3. The van der Waals surface area contributed by atoms with Gasteiger partial charge in [0.05, 0.1) is 11.1 Å². The van der Waals surface area contributed by atoms with Crippen LogP contribution in [0.3, 0.4) is 0 Å². The third kappa shape index (κ3) is 2.29. The minimum atomic E-state index is -1.01. The third-order valence-electron chi connectivity index (χ3n) is 3.09. The van der Waals surface area contributed by atoms with Crippen molar-refractivity contribution in [3.63, 3.8) is 0 Å². The summed E-state index contributed by atoms with van der Waals surface area (Å²) in [5.41, 5.74) is 0.395. The van der Waals surface area contributed by atoms with Crippen molar-refractivity contribution in [2.45, 2.75) is 0 Å². The van der Waals surface area contributed by atoms with Gasteiger partial charge in [0, 0.05) is 12.4 Å². The first kappa shape index (κ1) is 13.4. The van der Waals surface area contributed by atoms with Crippen LogP contribution in [0.2, 0.25) is 0 Å². The Morgan fingerprint density at radius 1 is 1.00 bits per heavy atom. The summed E-state index contributed by atoms with van der Waals surface area (Å²) >= 11 is 0. The predicted molar refractivity (Wildman–Crippen MR) is 74.4 cm³/mol. The standard InChI is InChI=1S/C15H10F3N3/c1-19-14-10-7-8(16)5-6-12(10)20-15(21-14)9-3-2-4-11(17)13(9)18/h2-7H,1H3,(H,19,20,21). The Kier molecular flexibility index (Phi) is 3.21. The van der Waals surface area contributed by atoms with Gasteiger partial charge < -0.3 is 5.32 Å². The lowest BCUT2D eigenvalue weighted by Crippen LogP contribution is -2.01. The average molecular weight is 289 g/mol. The number of hydrogen-bond donors (Lipinski definition) is 1. The molecule has 0 aliphatic carbocycles. The second-order valence-corrected chi connectivity index (χ2v) is 4.41. The molecule has 0 saturated heterocycles. The van der Waals surface area contributed by atoms with Crippen LogP contribution >= 0.6 is 0 Å². The van der Waals surface area contributed by atoms with E-state index < -0.39 is 17.5 Å². The lowest BCUT2D eigenvalue weighted by Gasteiger charge is -2.09. The highest BCUT2D eigenvalue weighted by Gasteiger charge is 2.15. The number of benzene rings is 2. The summed E-state index contributed by atoms with van der Waals surface area (Å²) in [5, 5.41) is 3.28. The molecule has 3 nitrogen and oxygen atoms in total. The van der Waals surface area contributed by atoms with E-state index in [-0.39, 0.29) is 11.4 Å². The molecule has 106 valence electrons. The van der Waals surface area contributed by atoms with Crippen LogP contribution in [0.25, 0.3) is 22.3 Å². The van der Waals surface area contributed by atoms with Crippen molar-refractivity contribution in [1.82, 2.24) is 9.97 Å². The molecule has 0 atom stereocenters. The zero-order valence-corrected chi connectivity index (χ0v) is 11.0. The van der Waals surface area contributed by atoms with Crippen LogP contribution in [0.15, 0.2) is 36.4 Å². The molecule has 21 heavy (non-hydrogen) atoms. The summed E-state index contributed by atoms with van der Waals surface area (Å²) in [5.74, 6) is -2.02. The Hall–Kier alpha value is -2.63. The van der Waals surface area contributed by atoms with Crippen LogP contribution in [0.5, 0.6) is 0 Å². The van der Waals surface area contributed by atoms with E-state index >= 15 is 0 Å². The van der Waals surface area contributed by atoms with Crippen LogP contribution in [-0.4, -0.2) is 17.0 Å². The molecule has 0 aliphatic heterocycles. The molecule has 2 aromatic carbocycles. The predicted octanol–water partition coefficient (Wildman–Crippen LogP) is 3.76. The SMILES string of the molecule is CNc1nc(-c2cccc(F)c2F)nc2ccc(F)cc12. The molecule has 1 N–H and O–H groups in total. The van der Waals surface area contributed by atoms with Crippen LogP contribution in [0.4, 0.5) is 19.0 Å². The van der Waals surface area contributed by atoms with Gasteiger partial charge in [-0.3, -0.25) is 0 Å². The van der Waals surface area contributed by atoms with E-state index in [1.54, 1.807) is 7.05 Å². The third-order valence-corrected chi connectivity index (χ3v) is 3.09. The zero-order valence-electron chi connectivity index (χ0n) is 11.0. The number of halogens is 3. The summed E-state index contributed by atoms with van der Waals surface area (Å²) in [4.78, 5) is 8.31. The number of nitrogens with zero attached hydrogens (tertiary/aromatic N) is 2. The minimum Gasteiger partial charge on any atom is -0.373 e. The largest absolute Gasteiger partial charge is 0.373 e. The van der Waals surface area contributed by atoms with Crippen LogP contribution in [-0.2, 0) is 0 Å². The number of rotatable bonds is 2. The van der Waals surface area contributed by atoms with E-state index in [4.69, 9.17) is 0 Å². The molecule has 3 rings (SSSR count). The Labute approximate surface area is 118 Å². The Morgan fingerprint density at radius 3 is 2.57 bits per heavy atom. The number of anilines is 1. The van der Waals surface area contributed by atoms with E-state index in [2.05, 4.69) is 15.3 Å². The molecular weight excluding hydrogens is 279 g/mol. The Balaban J connectivity index is 2.29. The average Bonchev–Trinajstić information content (AvgIpc) is 2.49. The van der Waals surface area contributed by atoms with Crippen molar-refractivity contribution in [1.29, 1.82) is 0 Å². The molecule has 0 radical (unpaired) electrons. The molecule has 0 fully saturated rings. The lowest BCUT2D eigenvalue weighted by molar-refractivity contribution is 0.510. The molecule has 0 spiro atoms. The molecule has 1 heterocycles. The maximum Gasteiger partial charge on any atom is 0.169 e. The van der Waals surface area contributed by atoms with Crippen LogP contribution in [0, 0.1) is 17.5 Å². The summed E-state index contributed by atoms with van der Waals surface area (Å²) in [6.45, 7) is 0. The highest BCUT2D eigenvalue weighted by Crippen LogP contribution is 2.27. The molecule has 0 aliphatic rings. The van der Waals surface area contributed by atoms with Crippen molar-refractivity contribution in [3.8, 4) is 11.4 Å². The van der Waals surface area contributed by atoms with Gasteiger partial charge in [-0.2, -0.15) is 0 Å². The molecular formula is C15H10F3N3. The maximum absolute atomic E-state index is 13.9. The van der Waals surface area contributed by atoms with Gasteiger partial charge in [-0.05, 0) is 30.3 Å². The minimum absolute atomic E-state index is 0.0375. The maximum atomic E-state index is 13.9. The van der Waals surface area contributed by atoms with Gasteiger partial charge >= 0.3 is 0 Å². The highest BCUT2D eigenvalue weighted by atomic mass is 19.2. The van der Waals surface area contributed by atoms with Gasteiger partial charge in [0.1, 0.15) is 11.6 Å². The molecule has 1 aromatic heterocycles. The monoisotopic (exact) mass is 289 g/mol. The van der Waals surface area contributed by atoms with E-state index in [0.717, 1.165) is 6.07 Å². The molecule has 6 heteroatoms. The summed E-state index contributed by atoms with van der Waals surface area (Å²) in [6, 6.07) is 7.79. The van der Waals surface area contributed by atoms with Gasteiger partial charge in [0.25, 0.3) is 0 Å². The van der Waals surface area contributed by atoms with Gasteiger partial charge in [-0.25, -0.2) is 23.1 Å². The fourth-order valence-electron chi connectivity index (χ4n) is 2.09. The fourth-order valence-corrected chi connectivity index (χ4v) is 2.09. The number of aromatic nitrogens is 2. The highest BCUT2D eigenvalue weighted by molar-refractivity contribution is 5.90. The lowest BCUT2D eigenvalue weighted by atomic mass is 10.1. The second-order valence-electron chi connectivity index (χ2n) is 4.41. The van der Waals surface area contributed by atoms with Crippen molar-refractivity contribution in [2.24, 2.45) is 0 Å². The molecule has 0 amide bonds. The van der Waals surface area contributed by atoms with Gasteiger partial charge in [0.2, 0.25) is 0 Å². The first-order valence-corrected chi connectivity index (χ1v) is 6.19. The summed E-state index contributed by atoms with van der Waals surface area (Å²) in [6.07, 6.45) is 0. The summed E-state index contributed by atoms with van der Waals surface area (Å²) in [7, 11) is 1.61. The fraction of sp³-hybridized carbons (Fsp3) is 0.0667. The smallest absolute Gasteiger partial charge is 0.169 e. The van der Waals surface area contributed by atoms with E-state index in [9.17, 15) is 13.2 Å². The molecule has 0 bridgehead atoms. The zero-order chi connectivity index (χ0) is 15.0. The van der Waals surface area contributed by atoms with Crippen LogP contribution < -0.4 is 5.32 Å². The quantitative estimate of drug-likeness (QED) is 0.780. The van der Waals surface area contributed by atoms with Crippen molar-refractivity contribution in [3.05, 3.63) is 53.8 Å². The first-order chi connectivity index (χ1) is 10.1. The van der Waals surface area contributed by atoms with E-state index in [0.29, 0.717) is 16.7 Å². The van der Waals surface area contributed by atoms with Gasteiger partial charge in [0.15, 0.2) is 17.5 Å². The topological polar surface area (TPSA) is 37.8 Å². The van der Waals surface area contributed by atoms with E-state index in [1.807, 2.05) is 0 Å². The first-order valence-electron chi connectivity index (χ1n) is 6.19. The molecule has 0 saturated carbocycles. The van der Waals surface area contributed by atoms with E-state index in [1.165, 1.54) is 30.3 Å². The normalized spacial score (nSPS) is 10.9. The number of fused-ring (bicyclic) bond motifs is 1. The second kappa shape index (κ2) is 5.05. The Bertz CT molecular complexity index is 834.